The molecule has 30 heavy (non-hydrogen) atoms. The largest absolute Gasteiger partial charge is 0.497 e. The van der Waals surface area contributed by atoms with Crippen molar-refractivity contribution in [2.45, 2.75) is 53.1 Å². The molecule has 7 heteroatoms. The maximum Gasteiger partial charge on any atom is 0.244 e. The Morgan fingerprint density at radius 3 is 2.30 bits per heavy atom. The van der Waals surface area contributed by atoms with Crippen molar-refractivity contribution in [1.82, 2.24) is 5.32 Å². The van der Waals surface area contributed by atoms with E-state index in [2.05, 4.69) is 24.4 Å². The molecule has 0 saturated carbocycles. The number of methoxy groups -OCH3 is 1. The lowest BCUT2D eigenvalue weighted by Gasteiger charge is -2.31. The molecule has 164 valence electrons. The second-order valence-electron chi connectivity index (χ2n) is 7.71. The molecule has 2 rings (SSSR count). The van der Waals surface area contributed by atoms with Gasteiger partial charge in [0.15, 0.2) is 0 Å². The molecule has 0 aliphatic carbocycles. The number of rotatable bonds is 8. The van der Waals surface area contributed by atoms with E-state index in [0.717, 1.165) is 22.9 Å². The van der Waals surface area contributed by atoms with Gasteiger partial charge in [0, 0.05) is 6.07 Å². The molecule has 2 aromatic carbocycles. The van der Waals surface area contributed by atoms with Gasteiger partial charge in [-0.2, -0.15) is 0 Å². The number of hydrogen-bond acceptors (Lipinski definition) is 4. The van der Waals surface area contributed by atoms with Crippen LogP contribution in [0.1, 0.15) is 48.6 Å². The van der Waals surface area contributed by atoms with Crippen LogP contribution in [0, 0.1) is 20.8 Å². The molecule has 2 atom stereocenters. The number of hydrogen-bond donors (Lipinski definition) is 1. The first kappa shape index (κ1) is 23.7. The number of nitrogens with one attached hydrogen (secondary N) is 1. The van der Waals surface area contributed by atoms with E-state index in [1.165, 1.54) is 17.0 Å². The summed E-state index contributed by atoms with van der Waals surface area (Å²) in [5, 5.41) is 3.01. The van der Waals surface area contributed by atoms with E-state index >= 15 is 0 Å². The molecule has 0 aliphatic heterocycles. The Bertz CT molecular complexity index is 1020. The van der Waals surface area contributed by atoms with Crippen LogP contribution in [0.4, 0.5) is 5.69 Å². The fourth-order valence-electron chi connectivity index (χ4n) is 3.64. The van der Waals surface area contributed by atoms with Crippen LogP contribution in [-0.2, 0) is 14.8 Å². The third kappa shape index (κ3) is 5.33. The average molecular weight is 433 g/mol. The zero-order chi connectivity index (χ0) is 22.6. The topological polar surface area (TPSA) is 75.7 Å². The Kier molecular flexibility index (Phi) is 7.53. The normalized spacial score (nSPS) is 13.4. The molecule has 6 nitrogen and oxygen atoms in total. The Morgan fingerprint density at radius 2 is 1.73 bits per heavy atom. The molecular weight excluding hydrogens is 400 g/mol. The van der Waals surface area contributed by atoms with Crippen LogP contribution in [-0.4, -0.2) is 33.7 Å². The minimum absolute atomic E-state index is 0.252. The van der Waals surface area contributed by atoms with E-state index in [9.17, 15) is 13.2 Å². The van der Waals surface area contributed by atoms with E-state index in [1.54, 1.807) is 31.2 Å². The van der Waals surface area contributed by atoms with Crippen molar-refractivity contribution in [3.8, 4) is 5.75 Å². The molecule has 2 aromatic rings. The van der Waals surface area contributed by atoms with Gasteiger partial charge in [0.1, 0.15) is 11.8 Å². The van der Waals surface area contributed by atoms with Crippen LogP contribution in [0.5, 0.6) is 5.75 Å². The summed E-state index contributed by atoms with van der Waals surface area (Å²) in [5.74, 6) is 0.186. The second-order valence-corrected chi connectivity index (χ2v) is 9.57. The predicted molar refractivity (Wildman–Crippen MR) is 122 cm³/mol. The van der Waals surface area contributed by atoms with Crippen LogP contribution in [0.15, 0.2) is 36.4 Å². The van der Waals surface area contributed by atoms with Crippen molar-refractivity contribution in [1.29, 1.82) is 0 Å². The van der Waals surface area contributed by atoms with E-state index in [1.807, 2.05) is 20.8 Å². The van der Waals surface area contributed by atoms with Gasteiger partial charge in [0.2, 0.25) is 15.9 Å². The number of anilines is 1. The highest BCUT2D eigenvalue weighted by atomic mass is 32.2. The third-order valence-corrected chi connectivity index (χ3v) is 6.53. The molecular formula is C23H32N2O4S. The van der Waals surface area contributed by atoms with Crippen LogP contribution >= 0.6 is 0 Å². The number of benzene rings is 2. The van der Waals surface area contributed by atoms with Gasteiger partial charge in [-0.05, 0) is 68.5 Å². The van der Waals surface area contributed by atoms with Crippen LogP contribution in [0.3, 0.4) is 0 Å². The highest BCUT2D eigenvalue weighted by Crippen LogP contribution is 2.27. The van der Waals surface area contributed by atoms with Gasteiger partial charge in [0.25, 0.3) is 0 Å². The van der Waals surface area contributed by atoms with Gasteiger partial charge in [0.05, 0.1) is 25.1 Å². The molecule has 0 aliphatic rings. The molecule has 0 spiro atoms. The molecule has 0 fully saturated rings. The number of aryl methyl sites for hydroxylation is 3. The SMILES string of the molecule is CC[C@H](C(=O)N[C@@H](C)c1cc(C)c(C)cc1C)N(c1cccc(OC)c1)S(C)(=O)=O. The first-order valence-electron chi connectivity index (χ1n) is 10.0. The summed E-state index contributed by atoms with van der Waals surface area (Å²) >= 11 is 0. The van der Waals surface area contributed by atoms with Crippen LogP contribution in [0.25, 0.3) is 0 Å². The van der Waals surface area contributed by atoms with Gasteiger partial charge >= 0.3 is 0 Å². The summed E-state index contributed by atoms with van der Waals surface area (Å²) in [5.41, 5.74) is 4.86. The molecule has 0 radical (unpaired) electrons. The maximum absolute atomic E-state index is 13.2. The molecule has 1 N–H and O–H groups in total. The van der Waals surface area contributed by atoms with Gasteiger partial charge in [-0.1, -0.05) is 25.1 Å². The Balaban J connectivity index is 2.37. The lowest BCUT2D eigenvalue weighted by Crippen LogP contribution is -2.49. The zero-order valence-corrected chi connectivity index (χ0v) is 19.6. The quantitative estimate of drug-likeness (QED) is 0.683. The molecule has 0 bridgehead atoms. The zero-order valence-electron chi connectivity index (χ0n) is 18.8. The number of amides is 1. The molecule has 0 heterocycles. The van der Waals surface area contributed by atoms with Gasteiger partial charge in [-0.15, -0.1) is 0 Å². The number of carbonyl (C=O) groups is 1. The summed E-state index contributed by atoms with van der Waals surface area (Å²) in [7, 11) is -2.19. The summed E-state index contributed by atoms with van der Waals surface area (Å²) in [6.45, 7) is 9.82. The van der Waals surface area contributed by atoms with E-state index < -0.39 is 16.1 Å². The lowest BCUT2D eigenvalue weighted by atomic mass is 9.96. The summed E-state index contributed by atoms with van der Waals surface area (Å²) < 4.78 is 31.7. The second kappa shape index (κ2) is 9.51. The van der Waals surface area contributed by atoms with Gasteiger partial charge < -0.3 is 10.1 Å². The van der Waals surface area contributed by atoms with Crippen LogP contribution < -0.4 is 14.4 Å². The Hall–Kier alpha value is -2.54. The summed E-state index contributed by atoms with van der Waals surface area (Å²) in [6, 6.07) is 9.77. The molecule has 0 aromatic heterocycles. The van der Waals surface area contributed by atoms with Crippen molar-refractivity contribution in [2.75, 3.05) is 17.7 Å². The highest BCUT2D eigenvalue weighted by Gasteiger charge is 2.32. The van der Waals surface area contributed by atoms with Crippen molar-refractivity contribution in [3.05, 3.63) is 58.7 Å². The minimum Gasteiger partial charge on any atom is -0.497 e. The summed E-state index contributed by atoms with van der Waals surface area (Å²) in [6.07, 6.45) is 1.44. The third-order valence-electron chi connectivity index (χ3n) is 5.35. The maximum atomic E-state index is 13.2. The highest BCUT2D eigenvalue weighted by molar-refractivity contribution is 7.92. The number of nitrogens with zero attached hydrogens (tertiary/aromatic N) is 1. The minimum atomic E-state index is -3.70. The number of sulfonamides is 1. The fraction of sp³-hybridized carbons (Fsp3) is 0.435. The van der Waals surface area contributed by atoms with Crippen molar-refractivity contribution in [2.24, 2.45) is 0 Å². The molecule has 1 amide bonds. The summed E-state index contributed by atoms with van der Waals surface area (Å²) in [4.78, 5) is 13.2. The van der Waals surface area contributed by atoms with E-state index in [4.69, 9.17) is 4.74 Å². The number of ether oxygens (including phenoxy) is 1. The van der Waals surface area contributed by atoms with Crippen molar-refractivity contribution < 1.29 is 17.9 Å². The smallest absolute Gasteiger partial charge is 0.244 e. The first-order valence-corrected chi connectivity index (χ1v) is 11.9. The Labute approximate surface area is 180 Å². The lowest BCUT2D eigenvalue weighted by molar-refractivity contribution is -0.122. The van der Waals surface area contributed by atoms with E-state index in [0.29, 0.717) is 17.9 Å². The number of carbonyl (C=O) groups excluding carboxylic acids is 1. The van der Waals surface area contributed by atoms with E-state index in [-0.39, 0.29) is 11.9 Å². The first-order chi connectivity index (χ1) is 14.0. The monoisotopic (exact) mass is 432 g/mol. The molecule has 0 saturated heterocycles. The van der Waals surface area contributed by atoms with Gasteiger partial charge in [-0.25, -0.2) is 8.42 Å². The standard InChI is InChI=1S/C23H32N2O4S/c1-8-22(25(30(7,27)28)19-10-9-11-20(14-19)29-6)23(26)24-18(5)21-13-16(3)15(2)12-17(21)4/h9-14,18,22H,8H2,1-7H3,(H,24,26)/t18-,22+/m0/s1. The van der Waals surface area contributed by atoms with Crippen molar-refractivity contribution in [3.63, 3.8) is 0 Å². The Morgan fingerprint density at radius 1 is 1.10 bits per heavy atom. The predicted octanol–water partition coefficient (Wildman–Crippen LogP) is 4.04. The van der Waals surface area contributed by atoms with Gasteiger partial charge in [-0.3, -0.25) is 9.10 Å². The molecule has 0 unspecified atom stereocenters. The van der Waals surface area contributed by atoms with Crippen LogP contribution in [0.2, 0.25) is 0 Å². The average Bonchev–Trinajstić information content (AvgIpc) is 2.67. The fourth-order valence-corrected chi connectivity index (χ4v) is 4.85. The van der Waals surface area contributed by atoms with Crippen molar-refractivity contribution >= 4 is 21.6 Å².